The first-order valence-corrected chi connectivity index (χ1v) is 12.8. The molecule has 0 radical (unpaired) electrons. The molecule has 37 heavy (non-hydrogen) atoms. The SMILES string of the molecule is CN/C(C)=C(/c1cnc2c(-c3ccc(CC(=O)O)cc3)cn(CC3(F)CCC(F)(P)CC3)c2c1)N(C)N. The van der Waals surface area contributed by atoms with Crippen LogP contribution in [-0.4, -0.2) is 50.8 Å². The van der Waals surface area contributed by atoms with Gasteiger partial charge in [-0.05, 0) is 49.8 Å². The quantitative estimate of drug-likeness (QED) is 0.219. The molecular formula is C27H34F2N5O2P. The van der Waals surface area contributed by atoms with Crippen molar-refractivity contribution in [1.82, 2.24) is 19.9 Å². The molecule has 1 aromatic carbocycles. The first kappa shape index (κ1) is 27.0. The Hall–Kier alpha value is -3.03. The van der Waals surface area contributed by atoms with Gasteiger partial charge in [0.05, 0.1) is 29.7 Å². The molecule has 1 atom stereocenters. The first-order valence-electron chi connectivity index (χ1n) is 12.3. The third-order valence-corrected chi connectivity index (χ3v) is 7.70. The Morgan fingerprint density at radius 3 is 2.46 bits per heavy atom. The van der Waals surface area contributed by atoms with Gasteiger partial charge in [-0.25, -0.2) is 14.6 Å². The van der Waals surface area contributed by atoms with Crippen LogP contribution in [-0.2, 0) is 17.8 Å². The molecule has 1 fully saturated rings. The fourth-order valence-corrected chi connectivity index (χ4v) is 5.28. The number of hydrogen-bond donors (Lipinski definition) is 3. The molecule has 0 saturated heterocycles. The molecule has 0 bridgehead atoms. The predicted octanol–water partition coefficient (Wildman–Crippen LogP) is 4.87. The Kier molecular flexibility index (Phi) is 7.58. The third-order valence-electron chi connectivity index (χ3n) is 7.12. The number of rotatable bonds is 8. The summed E-state index contributed by atoms with van der Waals surface area (Å²) in [6.45, 7) is 1.99. The van der Waals surface area contributed by atoms with Gasteiger partial charge in [0.1, 0.15) is 11.1 Å². The number of aromatic nitrogens is 2. The summed E-state index contributed by atoms with van der Waals surface area (Å²) in [7, 11) is 5.78. The average Bonchev–Trinajstić information content (AvgIpc) is 3.18. The van der Waals surface area contributed by atoms with Crippen molar-refractivity contribution in [3.8, 4) is 11.1 Å². The van der Waals surface area contributed by atoms with E-state index in [0.717, 1.165) is 33.6 Å². The monoisotopic (exact) mass is 529 g/mol. The van der Waals surface area contributed by atoms with E-state index < -0.39 is 17.0 Å². The van der Waals surface area contributed by atoms with E-state index in [1.165, 1.54) is 5.01 Å². The minimum Gasteiger partial charge on any atom is -0.481 e. The fourth-order valence-electron chi connectivity index (χ4n) is 4.99. The topological polar surface area (TPSA) is 96.4 Å². The van der Waals surface area contributed by atoms with E-state index in [0.29, 0.717) is 11.1 Å². The first-order chi connectivity index (χ1) is 17.4. The van der Waals surface area contributed by atoms with Crippen LogP contribution in [0.2, 0.25) is 0 Å². The lowest BCUT2D eigenvalue weighted by Gasteiger charge is -2.36. The highest BCUT2D eigenvalue weighted by atomic mass is 31.0. The molecule has 7 nitrogen and oxygen atoms in total. The van der Waals surface area contributed by atoms with Crippen LogP contribution in [0.1, 0.15) is 43.7 Å². The number of nitrogens with one attached hydrogen (secondary N) is 1. The minimum absolute atomic E-state index is 0.0632. The molecule has 0 amide bonds. The van der Waals surface area contributed by atoms with Gasteiger partial charge in [0.2, 0.25) is 0 Å². The average molecular weight is 530 g/mol. The van der Waals surface area contributed by atoms with E-state index in [-0.39, 0.29) is 38.6 Å². The van der Waals surface area contributed by atoms with Crippen molar-refractivity contribution in [2.45, 2.75) is 56.7 Å². The van der Waals surface area contributed by atoms with Crippen LogP contribution in [0, 0.1) is 0 Å². The molecule has 1 unspecified atom stereocenters. The molecule has 0 aliphatic heterocycles. The van der Waals surface area contributed by atoms with Crippen molar-refractivity contribution < 1.29 is 18.7 Å². The number of nitrogens with two attached hydrogens (primary N) is 1. The van der Waals surface area contributed by atoms with Crippen molar-refractivity contribution in [1.29, 1.82) is 0 Å². The van der Waals surface area contributed by atoms with Crippen LogP contribution >= 0.6 is 9.24 Å². The summed E-state index contributed by atoms with van der Waals surface area (Å²) in [6, 6.07) is 9.22. The number of hydrazine groups is 1. The van der Waals surface area contributed by atoms with Crippen LogP contribution in [0.4, 0.5) is 8.78 Å². The summed E-state index contributed by atoms with van der Waals surface area (Å²) < 4.78 is 32.2. The number of allylic oxidation sites excluding steroid dienone is 1. The number of carboxylic acid groups (broad SMARTS) is 1. The van der Waals surface area contributed by atoms with E-state index in [9.17, 15) is 9.18 Å². The van der Waals surface area contributed by atoms with Crippen molar-refractivity contribution in [2.24, 2.45) is 5.84 Å². The lowest BCUT2D eigenvalue weighted by molar-refractivity contribution is -0.136. The second-order valence-electron chi connectivity index (χ2n) is 10.0. The molecule has 4 rings (SSSR count). The van der Waals surface area contributed by atoms with Crippen molar-refractivity contribution >= 4 is 31.9 Å². The third kappa shape index (κ3) is 5.94. The van der Waals surface area contributed by atoms with Crippen LogP contribution < -0.4 is 11.2 Å². The predicted molar refractivity (Wildman–Crippen MR) is 146 cm³/mol. The second kappa shape index (κ2) is 10.4. The van der Waals surface area contributed by atoms with Gasteiger partial charge >= 0.3 is 5.97 Å². The zero-order chi connectivity index (χ0) is 27.0. The second-order valence-corrected chi connectivity index (χ2v) is 11.1. The van der Waals surface area contributed by atoms with Gasteiger partial charge in [-0.1, -0.05) is 33.5 Å². The maximum atomic E-state index is 16.0. The Bertz CT molecular complexity index is 1320. The number of benzene rings is 1. The molecule has 4 N–H and O–H groups in total. The summed E-state index contributed by atoms with van der Waals surface area (Å²) in [5.41, 5.74) is 4.63. The summed E-state index contributed by atoms with van der Waals surface area (Å²) in [4.78, 5) is 15.8. The number of carbonyl (C=O) groups is 1. The highest BCUT2D eigenvalue weighted by molar-refractivity contribution is 7.18. The normalized spacial score (nSPS) is 22.6. The van der Waals surface area contributed by atoms with Gasteiger partial charge in [-0.2, -0.15) is 0 Å². The minimum atomic E-state index is -1.54. The Labute approximate surface area is 217 Å². The number of halogens is 2. The zero-order valence-electron chi connectivity index (χ0n) is 21.4. The van der Waals surface area contributed by atoms with Gasteiger partial charge in [0.25, 0.3) is 0 Å². The summed E-state index contributed by atoms with van der Waals surface area (Å²) in [6.07, 6.45) is 4.14. The Morgan fingerprint density at radius 1 is 1.24 bits per heavy atom. The lowest BCUT2D eigenvalue weighted by Crippen LogP contribution is -2.37. The molecule has 198 valence electrons. The summed E-state index contributed by atoms with van der Waals surface area (Å²) in [5, 5.41) is 12.3. The highest BCUT2D eigenvalue weighted by Gasteiger charge is 2.41. The molecule has 0 spiro atoms. The molecule has 2 aromatic heterocycles. The van der Waals surface area contributed by atoms with Gasteiger partial charge < -0.3 is 20.0 Å². The number of pyridine rings is 1. The maximum absolute atomic E-state index is 16.0. The van der Waals surface area contributed by atoms with Crippen LogP contribution in [0.15, 0.2) is 48.4 Å². The number of nitrogens with zero attached hydrogens (tertiary/aromatic N) is 3. The van der Waals surface area contributed by atoms with Crippen LogP contribution in [0.25, 0.3) is 27.9 Å². The van der Waals surface area contributed by atoms with Crippen molar-refractivity contribution in [3.63, 3.8) is 0 Å². The summed E-state index contributed by atoms with van der Waals surface area (Å²) in [5.74, 6) is 5.23. The molecule has 10 heteroatoms. The molecule has 3 aromatic rings. The molecule has 1 saturated carbocycles. The van der Waals surface area contributed by atoms with Crippen molar-refractivity contribution in [2.75, 3.05) is 14.1 Å². The molecule has 2 heterocycles. The van der Waals surface area contributed by atoms with Gasteiger partial charge in [0.15, 0.2) is 0 Å². The summed E-state index contributed by atoms with van der Waals surface area (Å²) >= 11 is 0. The van der Waals surface area contributed by atoms with Crippen LogP contribution in [0.3, 0.4) is 0 Å². The van der Waals surface area contributed by atoms with E-state index in [4.69, 9.17) is 15.9 Å². The largest absolute Gasteiger partial charge is 0.481 e. The van der Waals surface area contributed by atoms with Gasteiger partial charge in [-0.3, -0.25) is 9.78 Å². The number of hydrogen-bond acceptors (Lipinski definition) is 5. The number of alkyl halides is 2. The number of carboxylic acids is 1. The molecule has 1 aliphatic carbocycles. The van der Waals surface area contributed by atoms with E-state index in [1.54, 1.807) is 25.4 Å². The molecule has 1 aliphatic rings. The van der Waals surface area contributed by atoms with E-state index >= 15 is 4.39 Å². The van der Waals surface area contributed by atoms with Gasteiger partial charge in [-0.15, -0.1) is 0 Å². The standard InChI is InChI=1S/C27H34F2N5O2P/c1-17(31-2)25(33(3)30)20-13-22-24(32-14-20)21(19-6-4-18(5-7-19)12-23(35)36)15-34(22)16-26(28)8-10-27(29,37)11-9-26/h4-7,13-15,31H,8-12,16,30,37H2,1-3H3,(H,35,36)/b25-17-. The highest BCUT2D eigenvalue weighted by Crippen LogP contribution is 2.45. The maximum Gasteiger partial charge on any atom is 0.307 e. The zero-order valence-corrected chi connectivity index (χ0v) is 22.5. The number of fused-ring (bicyclic) bond motifs is 1. The fraction of sp³-hybridized carbons (Fsp3) is 0.407. The Balaban J connectivity index is 1.82. The van der Waals surface area contributed by atoms with Crippen LogP contribution in [0.5, 0.6) is 0 Å². The van der Waals surface area contributed by atoms with E-state index in [1.807, 2.05) is 42.9 Å². The molecular weight excluding hydrogens is 495 g/mol. The van der Waals surface area contributed by atoms with Crippen molar-refractivity contribution in [3.05, 3.63) is 59.5 Å². The van der Waals surface area contributed by atoms with Gasteiger partial charge in [0, 0.05) is 43.3 Å². The number of aliphatic carboxylic acids is 1. The lowest BCUT2D eigenvalue weighted by atomic mass is 9.85. The van der Waals surface area contributed by atoms with E-state index in [2.05, 4.69) is 14.6 Å². The smallest absolute Gasteiger partial charge is 0.307 e. The Morgan fingerprint density at radius 2 is 1.89 bits per heavy atom.